The van der Waals surface area contributed by atoms with Crippen LogP contribution in [0.3, 0.4) is 0 Å². The van der Waals surface area contributed by atoms with Gasteiger partial charge in [-0.15, -0.1) is 0 Å². The third-order valence-electron chi connectivity index (χ3n) is 3.78. The molecule has 1 N–H and O–H groups in total. The molecule has 1 aliphatic rings. The number of rotatable bonds is 3. The van der Waals surface area contributed by atoms with Gasteiger partial charge in [0, 0.05) is 11.8 Å². The van der Waals surface area contributed by atoms with E-state index >= 15 is 0 Å². The summed E-state index contributed by atoms with van der Waals surface area (Å²) < 4.78 is 18.2. The molecule has 1 atom stereocenters. The van der Waals surface area contributed by atoms with E-state index in [2.05, 4.69) is 15.0 Å². The van der Waals surface area contributed by atoms with E-state index in [-0.39, 0.29) is 0 Å². The van der Waals surface area contributed by atoms with Gasteiger partial charge in [-0.3, -0.25) is 9.19 Å². The zero-order valence-corrected chi connectivity index (χ0v) is 12.7. The molecular formula is C16H15N3O2S. The van der Waals surface area contributed by atoms with E-state index in [1.807, 2.05) is 30.3 Å². The summed E-state index contributed by atoms with van der Waals surface area (Å²) in [5, 5.41) is 0.498. The fourth-order valence-corrected chi connectivity index (χ4v) is 3.76. The number of ether oxygens (including phenoxy) is 1. The van der Waals surface area contributed by atoms with E-state index in [0.717, 1.165) is 47.5 Å². The molecule has 112 valence electrons. The van der Waals surface area contributed by atoms with Crippen molar-refractivity contribution in [3.8, 4) is 5.75 Å². The summed E-state index contributed by atoms with van der Waals surface area (Å²) in [4.78, 5) is 11.9. The zero-order valence-electron chi connectivity index (χ0n) is 11.9. The van der Waals surface area contributed by atoms with Crippen LogP contribution in [-0.4, -0.2) is 25.8 Å². The lowest BCUT2D eigenvalue weighted by Crippen LogP contribution is -2.13. The minimum atomic E-state index is -1.25. The normalized spacial score (nSPS) is 15.3. The highest BCUT2D eigenvalue weighted by atomic mass is 32.2. The molecule has 1 aromatic carbocycles. The molecule has 2 aromatic heterocycles. The van der Waals surface area contributed by atoms with Crippen molar-refractivity contribution in [3.05, 3.63) is 47.8 Å². The second kappa shape index (κ2) is 5.53. The van der Waals surface area contributed by atoms with E-state index < -0.39 is 10.8 Å². The Morgan fingerprint density at radius 2 is 2.18 bits per heavy atom. The van der Waals surface area contributed by atoms with Gasteiger partial charge in [-0.25, -0.2) is 4.98 Å². The molecule has 4 rings (SSSR count). The molecule has 3 heterocycles. The molecule has 0 aliphatic carbocycles. The van der Waals surface area contributed by atoms with Crippen LogP contribution in [0.1, 0.15) is 17.7 Å². The van der Waals surface area contributed by atoms with Crippen molar-refractivity contribution in [2.45, 2.75) is 23.8 Å². The molecule has 3 aromatic rings. The number of fused-ring (bicyclic) bond motifs is 2. The summed E-state index contributed by atoms with van der Waals surface area (Å²) in [6, 6.07) is 9.56. The van der Waals surface area contributed by atoms with Crippen LogP contribution in [0.2, 0.25) is 0 Å². The number of pyridine rings is 1. The fourth-order valence-electron chi connectivity index (χ4n) is 2.70. The number of hydrogen-bond donors (Lipinski definition) is 1. The highest BCUT2D eigenvalue weighted by molar-refractivity contribution is 7.84. The van der Waals surface area contributed by atoms with Crippen LogP contribution in [0, 0.1) is 0 Å². The predicted octanol–water partition coefficient (Wildman–Crippen LogP) is 2.59. The first kappa shape index (κ1) is 13.5. The number of nitrogens with zero attached hydrogens (tertiary/aromatic N) is 2. The summed E-state index contributed by atoms with van der Waals surface area (Å²) in [6.45, 7) is 0.739. The minimum Gasteiger partial charge on any atom is -0.493 e. The largest absolute Gasteiger partial charge is 0.493 e. The first-order valence-corrected chi connectivity index (χ1v) is 8.56. The van der Waals surface area contributed by atoms with Gasteiger partial charge in [0.15, 0.2) is 5.16 Å². The van der Waals surface area contributed by atoms with Crippen LogP contribution < -0.4 is 4.74 Å². The minimum absolute atomic E-state index is 0.354. The Kier molecular flexibility index (Phi) is 3.38. The van der Waals surface area contributed by atoms with Crippen LogP contribution in [0.4, 0.5) is 0 Å². The van der Waals surface area contributed by atoms with Crippen molar-refractivity contribution < 1.29 is 8.95 Å². The molecule has 1 aliphatic heterocycles. The van der Waals surface area contributed by atoms with Gasteiger partial charge in [0.2, 0.25) is 0 Å². The van der Waals surface area contributed by atoms with Gasteiger partial charge in [0.05, 0.1) is 39.9 Å². The Hall–Kier alpha value is -2.21. The number of nitrogens with one attached hydrogen (secondary N) is 1. The van der Waals surface area contributed by atoms with Gasteiger partial charge in [-0.1, -0.05) is 12.1 Å². The summed E-state index contributed by atoms with van der Waals surface area (Å²) in [6.07, 6.45) is 3.62. The molecule has 0 spiro atoms. The Morgan fingerprint density at radius 3 is 3.09 bits per heavy atom. The highest BCUT2D eigenvalue weighted by Gasteiger charge is 2.18. The zero-order chi connectivity index (χ0) is 14.9. The standard InChI is InChI=1S/C16H15N3O2S/c20-22(16-18-12-5-1-2-6-13(12)19-16)10-14-11-4-3-9-21-15(11)7-8-17-14/h1-2,5-8H,3-4,9-10H2,(H,18,19). The fraction of sp³-hybridized carbons (Fsp3) is 0.250. The maximum Gasteiger partial charge on any atom is 0.197 e. The smallest absolute Gasteiger partial charge is 0.197 e. The second-order valence-electron chi connectivity index (χ2n) is 5.24. The van der Waals surface area contributed by atoms with Gasteiger partial charge in [0.25, 0.3) is 0 Å². The maximum atomic E-state index is 12.6. The number of hydrogen-bond acceptors (Lipinski definition) is 4. The van der Waals surface area contributed by atoms with Crippen molar-refractivity contribution in [1.82, 2.24) is 15.0 Å². The predicted molar refractivity (Wildman–Crippen MR) is 84.3 cm³/mol. The molecule has 0 saturated heterocycles. The molecule has 0 saturated carbocycles. The molecule has 22 heavy (non-hydrogen) atoms. The van der Waals surface area contributed by atoms with E-state index in [1.165, 1.54) is 0 Å². The van der Waals surface area contributed by atoms with E-state index in [4.69, 9.17) is 4.74 Å². The molecule has 0 bridgehead atoms. The number of benzene rings is 1. The van der Waals surface area contributed by atoms with Crippen LogP contribution in [0.15, 0.2) is 41.7 Å². The number of para-hydroxylation sites is 2. The summed E-state index contributed by atoms with van der Waals surface area (Å²) in [5.74, 6) is 1.23. The molecule has 6 heteroatoms. The monoisotopic (exact) mass is 313 g/mol. The summed E-state index contributed by atoms with van der Waals surface area (Å²) in [7, 11) is -1.25. The highest BCUT2D eigenvalue weighted by Crippen LogP contribution is 2.27. The Balaban J connectivity index is 1.64. The number of aromatic nitrogens is 3. The van der Waals surface area contributed by atoms with E-state index in [0.29, 0.717) is 10.9 Å². The molecular weight excluding hydrogens is 298 g/mol. The number of H-pyrrole nitrogens is 1. The second-order valence-corrected chi connectivity index (χ2v) is 6.60. The van der Waals surface area contributed by atoms with Crippen molar-refractivity contribution in [2.24, 2.45) is 0 Å². The van der Waals surface area contributed by atoms with Crippen molar-refractivity contribution in [1.29, 1.82) is 0 Å². The number of imidazole rings is 1. The average molecular weight is 313 g/mol. The Morgan fingerprint density at radius 1 is 1.27 bits per heavy atom. The Bertz CT molecular complexity index is 826. The number of aromatic amines is 1. The lowest BCUT2D eigenvalue weighted by atomic mass is 10.1. The molecule has 0 radical (unpaired) electrons. The van der Waals surface area contributed by atoms with Gasteiger partial charge in [-0.2, -0.15) is 0 Å². The van der Waals surface area contributed by atoms with Gasteiger partial charge < -0.3 is 9.72 Å². The van der Waals surface area contributed by atoms with Gasteiger partial charge in [0.1, 0.15) is 5.75 Å². The molecule has 1 unspecified atom stereocenters. The van der Waals surface area contributed by atoms with Crippen molar-refractivity contribution in [3.63, 3.8) is 0 Å². The molecule has 0 amide bonds. The first-order chi connectivity index (χ1) is 10.8. The van der Waals surface area contributed by atoms with Crippen LogP contribution in [-0.2, 0) is 23.0 Å². The maximum absolute atomic E-state index is 12.6. The first-order valence-electron chi connectivity index (χ1n) is 7.24. The quantitative estimate of drug-likeness (QED) is 0.807. The third kappa shape index (κ3) is 2.39. The summed E-state index contributed by atoms with van der Waals surface area (Å²) in [5.41, 5.74) is 3.66. The topological polar surface area (TPSA) is 67.9 Å². The average Bonchev–Trinajstić information content (AvgIpc) is 2.99. The van der Waals surface area contributed by atoms with Gasteiger partial charge >= 0.3 is 0 Å². The lowest BCUT2D eigenvalue weighted by molar-refractivity contribution is 0.287. The van der Waals surface area contributed by atoms with Crippen LogP contribution in [0.5, 0.6) is 5.75 Å². The van der Waals surface area contributed by atoms with E-state index in [9.17, 15) is 4.21 Å². The SMILES string of the molecule is O=S(Cc1nccc2c1CCCO2)c1nc2ccccc2[nH]1. The summed E-state index contributed by atoms with van der Waals surface area (Å²) >= 11 is 0. The Labute approximate surface area is 130 Å². The van der Waals surface area contributed by atoms with E-state index in [1.54, 1.807) is 6.20 Å². The van der Waals surface area contributed by atoms with Crippen molar-refractivity contribution >= 4 is 21.8 Å². The van der Waals surface area contributed by atoms with Crippen LogP contribution in [0.25, 0.3) is 11.0 Å². The molecule has 5 nitrogen and oxygen atoms in total. The lowest BCUT2D eigenvalue weighted by Gasteiger charge is -2.18. The molecule has 0 fully saturated rings. The van der Waals surface area contributed by atoms with Crippen LogP contribution >= 0.6 is 0 Å². The van der Waals surface area contributed by atoms with Crippen molar-refractivity contribution in [2.75, 3.05) is 6.61 Å². The van der Waals surface area contributed by atoms with Gasteiger partial charge in [-0.05, 0) is 31.0 Å². The third-order valence-corrected chi connectivity index (χ3v) is 4.94.